The van der Waals surface area contributed by atoms with Crippen molar-refractivity contribution < 1.29 is 4.39 Å². The van der Waals surface area contributed by atoms with Gasteiger partial charge in [-0.25, -0.2) is 14.4 Å². The minimum absolute atomic E-state index is 0.206. The maximum absolute atomic E-state index is 13.0. The molecule has 0 unspecified atom stereocenters. The van der Waals surface area contributed by atoms with Crippen LogP contribution < -0.4 is 10.6 Å². The zero-order chi connectivity index (χ0) is 16.2. The van der Waals surface area contributed by atoms with Crippen molar-refractivity contribution in [3.05, 3.63) is 46.2 Å². The minimum atomic E-state index is -0.206. The van der Waals surface area contributed by atoms with Crippen molar-refractivity contribution in [2.75, 3.05) is 31.1 Å². The normalized spacial score (nSPS) is 16.0. The molecule has 1 aromatic carbocycles. The molecule has 0 bridgehead atoms. The molecule has 3 rings (SSSR count). The van der Waals surface area contributed by atoms with E-state index < -0.39 is 0 Å². The molecule has 0 aliphatic carbocycles. The lowest BCUT2D eigenvalue weighted by molar-refractivity contribution is 0.380. The molecule has 7 heteroatoms. The number of nitrogens with zero attached hydrogens (tertiary/aromatic N) is 4. The number of piperazine rings is 1. The highest BCUT2D eigenvalue weighted by Crippen LogP contribution is 2.17. The Morgan fingerprint density at radius 1 is 1.26 bits per heavy atom. The highest BCUT2D eigenvalue weighted by molar-refractivity contribution is 7.09. The second kappa shape index (κ2) is 6.95. The van der Waals surface area contributed by atoms with E-state index in [2.05, 4.69) is 19.8 Å². The van der Waals surface area contributed by atoms with Crippen molar-refractivity contribution in [1.29, 1.82) is 0 Å². The van der Waals surface area contributed by atoms with E-state index in [1.165, 1.54) is 12.1 Å². The lowest BCUT2D eigenvalue weighted by Crippen LogP contribution is -2.51. The van der Waals surface area contributed by atoms with Crippen LogP contribution in [0.3, 0.4) is 0 Å². The molecule has 0 spiro atoms. The van der Waals surface area contributed by atoms with Gasteiger partial charge in [0.1, 0.15) is 5.82 Å². The second-order valence-electron chi connectivity index (χ2n) is 5.49. The fourth-order valence-electron chi connectivity index (χ4n) is 2.58. The Bertz CT molecular complexity index is 674. The van der Waals surface area contributed by atoms with Crippen molar-refractivity contribution in [1.82, 2.24) is 9.88 Å². The molecule has 122 valence electrons. The maximum Gasteiger partial charge on any atom is 0.191 e. The van der Waals surface area contributed by atoms with Gasteiger partial charge in [-0.1, -0.05) is 0 Å². The van der Waals surface area contributed by atoms with Crippen LogP contribution in [0.4, 0.5) is 10.1 Å². The fraction of sp³-hybridized carbons (Fsp3) is 0.375. The number of thiazole rings is 1. The van der Waals surface area contributed by atoms with Crippen LogP contribution in [-0.4, -0.2) is 42.0 Å². The van der Waals surface area contributed by atoms with Crippen LogP contribution in [0, 0.1) is 12.7 Å². The summed E-state index contributed by atoms with van der Waals surface area (Å²) in [6.45, 7) is 5.89. The summed E-state index contributed by atoms with van der Waals surface area (Å²) in [5.74, 6) is 0.374. The Morgan fingerprint density at radius 2 is 1.96 bits per heavy atom. The molecule has 1 aliphatic heterocycles. The van der Waals surface area contributed by atoms with E-state index in [1.54, 1.807) is 11.3 Å². The molecular weight excluding hydrogens is 313 g/mol. The Balaban J connectivity index is 1.55. The molecule has 2 heterocycles. The van der Waals surface area contributed by atoms with Crippen molar-refractivity contribution >= 4 is 23.0 Å². The number of rotatable bonds is 3. The van der Waals surface area contributed by atoms with E-state index in [4.69, 9.17) is 5.73 Å². The first-order chi connectivity index (χ1) is 11.1. The summed E-state index contributed by atoms with van der Waals surface area (Å²) in [6, 6.07) is 6.62. The largest absolute Gasteiger partial charge is 0.370 e. The van der Waals surface area contributed by atoms with Crippen molar-refractivity contribution in [2.24, 2.45) is 10.7 Å². The van der Waals surface area contributed by atoms with Gasteiger partial charge in [0, 0.05) is 36.7 Å². The second-order valence-corrected chi connectivity index (χ2v) is 6.43. The van der Waals surface area contributed by atoms with Crippen LogP contribution in [0.25, 0.3) is 0 Å². The molecule has 5 nitrogen and oxygen atoms in total. The average Bonchev–Trinajstić information content (AvgIpc) is 2.99. The van der Waals surface area contributed by atoms with Gasteiger partial charge < -0.3 is 15.5 Å². The Labute approximate surface area is 139 Å². The van der Waals surface area contributed by atoms with Gasteiger partial charge in [0.2, 0.25) is 0 Å². The molecule has 0 amide bonds. The minimum Gasteiger partial charge on any atom is -0.370 e. The van der Waals surface area contributed by atoms with Gasteiger partial charge in [-0.2, -0.15) is 0 Å². The van der Waals surface area contributed by atoms with Gasteiger partial charge in [-0.05, 0) is 31.2 Å². The average molecular weight is 333 g/mol. The number of anilines is 1. The zero-order valence-electron chi connectivity index (χ0n) is 13.1. The predicted octanol–water partition coefficient (Wildman–Crippen LogP) is 2.23. The number of benzene rings is 1. The van der Waals surface area contributed by atoms with Gasteiger partial charge in [-0.3, -0.25) is 0 Å². The molecule has 2 N–H and O–H groups in total. The summed E-state index contributed by atoms with van der Waals surface area (Å²) in [5, 5.41) is 0. The first-order valence-corrected chi connectivity index (χ1v) is 8.46. The van der Waals surface area contributed by atoms with Crippen LogP contribution in [0.15, 0.2) is 34.8 Å². The summed E-state index contributed by atoms with van der Waals surface area (Å²) < 4.78 is 13.0. The van der Waals surface area contributed by atoms with Crippen molar-refractivity contribution in [3.63, 3.8) is 0 Å². The van der Waals surface area contributed by atoms with E-state index in [1.807, 2.05) is 24.6 Å². The van der Waals surface area contributed by atoms with E-state index >= 15 is 0 Å². The van der Waals surface area contributed by atoms with Crippen LogP contribution in [0.5, 0.6) is 0 Å². The molecule has 0 radical (unpaired) electrons. The Morgan fingerprint density at radius 3 is 2.57 bits per heavy atom. The number of aliphatic imine (C=N–C) groups is 1. The lowest BCUT2D eigenvalue weighted by Gasteiger charge is -2.36. The highest BCUT2D eigenvalue weighted by atomic mass is 32.1. The Kier molecular flexibility index (Phi) is 4.76. The third-order valence-electron chi connectivity index (χ3n) is 4.02. The van der Waals surface area contributed by atoms with Crippen LogP contribution >= 0.6 is 11.3 Å². The number of halogens is 1. The summed E-state index contributed by atoms with van der Waals surface area (Å²) in [4.78, 5) is 14.2. The van der Waals surface area contributed by atoms with Gasteiger partial charge in [0.15, 0.2) is 5.96 Å². The summed E-state index contributed by atoms with van der Waals surface area (Å²) in [5.41, 5.74) is 10.0. The lowest BCUT2D eigenvalue weighted by atomic mass is 10.2. The number of nitrogens with two attached hydrogens (primary N) is 1. The summed E-state index contributed by atoms with van der Waals surface area (Å²) in [7, 11) is 0. The Hall–Kier alpha value is -2.15. The van der Waals surface area contributed by atoms with Crippen LogP contribution in [-0.2, 0) is 6.54 Å². The predicted molar refractivity (Wildman–Crippen MR) is 92.4 cm³/mol. The molecular formula is C16H20FN5S. The van der Waals surface area contributed by atoms with E-state index in [-0.39, 0.29) is 5.82 Å². The molecule has 1 aromatic heterocycles. The number of aromatic nitrogens is 1. The van der Waals surface area contributed by atoms with E-state index in [9.17, 15) is 4.39 Å². The summed E-state index contributed by atoms with van der Waals surface area (Å²) in [6.07, 6.45) is 0. The first-order valence-electron chi connectivity index (χ1n) is 7.58. The molecule has 1 saturated heterocycles. The molecule has 1 fully saturated rings. The number of hydrogen-bond acceptors (Lipinski definition) is 4. The third-order valence-corrected chi connectivity index (χ3v) is 4.94. The number of hydrogen-bond donors (Lipinski definition) is 1. The van der Waals surface area contributed by atoms with Crippen molar-refractivity contribution in [3.8, 4) is 0 Å². The topological polar surface area (TPSA) is 57.8 Å². The number of aryl methyl sites for hydroxylation is 1. The third kappa shape index (κ3) is 3.79. The van der Waals surface area contributed by atoms with Gasteiger partial charge in [0.05, 0.1) is 17.7 Å². The maximum atomic E-state index is 13.0. The molecule has 2 aromatic rings. The molecule has 0 saturated carbocycles. The van der Waals surface area contributed by atoms with Gasteiger partial charge in [0.25, 0.3) is 0 Å². The van der Waals surface area contributed by atoms with E-state index in [0.717, 1.165) is 42.4 Å². The van der Waals surface area contributed by atoms with Crippen molar-refractivity contribution in [2.45, 2.75) is 13.5 Å². The van der Waals surface area contributed by atoms with Crippen LogP contribution in [0.1, 0.15) is 10.6 Å². The standard InChI is InChI=1S/C16H20FN5S/c1-12-15(23-11-20-12)10-19-16(18)22-8-6-21(7-9-22)14-4-2-13(17)3-5-14/h2-5,11H,6-10H2,1H3,(H2,18,19). The highest BCUT2D eigenvalue weighted by Gasteiger charge is 2.18. The SMILES string of the molecule is Cc1ncsc1CN=C(N)N1CCN(c2ccc(F)cc2)CC1. The zero-order valence-corrected chi connectivity index (χ0v) is 13.9. The monoisotopic (exact) mass is 333 g/mol. The summed E-state index contributed by atoms with van der Waals surface area (Å²) >= 11 is 1.61. The fourth-order valence-corrected chi connectivity index (χ4v) is 3.28. The number of guanidine groups is 1. The first kappa shape index (κ1) is 15.7. The smallest absolute Gasteiger partial charge is 0.191 e. The molecule has 23 heavy (non-hydrogen) atoms. The van der Waals surface area contributed by atoms with Gasteiger partial charge >= 0.3 is 0 Å². The van der Waals surface area contributed by atoms with Crippen LogP contribution in [0.2, 0.25) is 0 Å². The molecule has 0 atom stereocenters. The quantitative estimate of drug-likeness (QED) is 0.691. The molecule has 1 aliphatic rings. The van der Waals surface area contributed by atoms with E-state index in [0.29, 0.717) is 12.5 Å². The van der Waals surface area contributed by atoms with Gasteiger partial charge in [-0.15, -0.1) is 11.3 Å².